The van der Waals surface area contributed by atoms with Crippen LogP contribution in [0, 0.1) is 0 Å². The van der Waals surface area contributed by atoms with Crippen molar-refractivity contribution >= 4 is 11.8 Å². The molecule has 0 aromatic rings. The van der Waals surface area contributed by atoms with E-state index in [-0.39, 0.29) is 0 Å². The van der Waals surface area contributed by atoms with Gasteiger partial charge in [-0.15, -0.1) is 0 Å². The summed E-state index contributed by atoms with van der Waals surface area (Å²) in [5.74, 6) is 1.32. The molecule has 0 aliphatic carbocycles. The summed E-state index contributed by atoms with van der Waals surface area (Å²) >= 11 is 2.07. The Labute approximate surface area is 91.9 Å². The van der Waals surface area contributed by atoms with Crippen molar-refractivity contribution in [3.8, 4) is 0 Å². The van der Waals surface area contributed by atoms with E-state index in [2.05, 4.69) is 30.9 Å². The van der Waals surface area contributed by atoms with Crippen molar-refractivity contribution in [3.63, 3.8) is 0 Å². The van der Waals surface area contributed by atoms with Crippen LogP contribution in [0.2, 0.25) is 0 Å². The summed E-state index contributed by atoms with van der Waals surface area (Å²) in [6.07, 6.45) is 4.65. The van der Waals surface area contributed by atoms with E-state index in [9.17, 15) is 0 Å². The van der Waals surface area contributed by atoms with Gasteiger partial charge in [-0.3, -0.25) is 0 Å². The smallest absolute Gasteiger partial charge is 0.0445 e. The lowest BCUT2D eigenvalue weighted by Gasteiger charge is -2.32. The highest BCUT2D eigenvalue weighted by Crippen LogP contribution is 2.25. The zero-order valence-corrected chi connectivity index (χ0v) is 10.1. The zero-order valence-electron chi connectivity index (χ0n) is 9.33. The minimum Gasteiger partial charge on any atom is -0.396 e. The third-order valence-electron chi connectivity index (χ3n) is 3.03. The van der Waals surface area contributed by atoms with Gasteiger partial charge in [0.25, 0.3) is 0 Å². The second-order valence-corrected chi connectivity index (χ2v) is 5.59. The number of aliphatic hydroxyl groups is 1. The Balaban J connectivity index is 2.31. The first kappa shape index (κ1) is 12.3. The summed E-state index contributed by atoms with van der Waals surface area (Å²) in [5.41, 5.74) is 0. The van der Waals surface area contributed by atoms with Gasteiger partial charge in [0.2, 0.25) is 0 Å². The topological polar surface area (TPSA) is 32.3 Å². The van der Waals surface area contributed by atoms with E-state index in [1.807, 2.05) is 0 Å². The molecular weight excluding hydrogens is 194 g/mol. The highest BCUT2D eigenvalue weighted by Gasteiger charge is 2.23. The van der Waals surface area contributed by atoms with E-state index in [1.165, 1.54) is 18.6 Å². The molecule has 0 radical (unpaired) electrons. The second-order valence-electron chi connectivity index (χ2n) is 4.11. The second kappa shape index (κ2) is 6.70. The van der Waals surface area contributed by atoms with Crippen molar-refractivity contribution in [2.75, 3.05) is 12.4 Å². The van der Waals surface area contributed by atoms with Gasteiger partial charge >= 0.3 is 0 Å². The lowest BCUT2D eigenvalue weighted by molar-refractivity contribution is 0.252. The minimum atomic E-state index is 0.305. The first-order valence-electron chi connectivity index (χ1n) is 5.76. The standard InChI is InChI=1S/C11H23NOS/c1-3-10(6-7-13)12-11-5-4-8-14-9(11)2/h9-13H,3-8H2,1-2H3. The molecule has 84 valence electrons. The van der Waals surface area contributed by atoms with Crippen LogP contribution in [-0.4, -0.2) is 34.8 Å². The molecule has 0 saturated carbocycles. The van der Waals surface area contributed by atoms with Gasteiger partial charge in [0, 0.05) is 23.9 Å². The molecule has 0 bridgehead atoms. The highest BCUT2D eigenvalue weighted by molar-refractivity contribution is 7.99. The van der Waals surface area contributed by atoms with E-state index in [4.69, 9.17) is 5.11 Å². The van der Waals surface area contributed by atoms with E-state index < -0.39 is 0 Å². The Morgan fingerprint density at radius 1 is 1.57 bits per heavy atom. The Morgan fingerprint density at radius 3 is 2.93 bits per heavy atom. The van der Waals surface area contributed by atoms with Gasteiger partial charge in [-0.25, -0.2) is 0 Å². The molecule has 14 heavy (non-hydrogen) atoms. The van der Waals surface area contributed by atoms with E-state index >= 15 is 0 Å². The van der Waals surface area contributed by atoms with Crippen LogP contribution in [0.1, 0.15) is 39.5 Å². The molecule has 1 saturated heterocycles. The first-order chi connectivity index (χ1) is 6.77. The van der Waals surface area contributed by atoms with Gasteiger partial charge in [-0.1, -0.05) is 13.8 Å². The average Bonchev–Trinajstić information content (AvgIpc) is 2.20. The number of rotatable bonds is 5. The number of thioether (sulfide) groups is 1. The van der Waals surface area contributed by atoms with Crippen molar-refractivity contribution in [3.05, 3.63) is 0 Å². The predicted octanol–water partition coefficient (Wildman–Crippen LogP) is 2.02. The number of hydrogen-bond acceptors (Lipinski definition) is 3. The molecule has 1 rings (SSSR count). The zero-order chi connectivity index (χ0) is 10.4. The van der Waals surface area contributed by atoms with Crippen LogP contribution < -0.4 is 5.32 Å². The van der Waals surface area contributed by atoms with Gasteiger partial charge in [0.05, 0.1) is 0 Å². The molecule has 1 heterocycles. The SMILES string of the molecule is CCC(CCO)NC1CCCSC1C. The molecule has 0 spiro atoms. The van der Waals surface area contributed by atoms with E-state index in [0.717, 1.165) is 18.1 Å². The van der Waals surface area contributed by atoms with Gasteiger partial charge in [0.1, 0.15) is 0 Å². The summed E-state index contributed by atoms with van der Waals surface area (Å²) in [5, 5.41) is 13.3. The fraction of sp³-hybridized carbons (Fsp3) is 1.00. The van der Waals surface area contributed by atoms with Gasteiger partial charge in [-0.2, -0.15) is 11.8 Å². The Kier molecular flexibility index (Phi) is 5.90. The van der Waals surface area contributed by atoms with Crippen LogP contribution in [0.25, 0.3) is 0 Å². The predicted molar refractivity (Wildman–Crippen MR) is 63.9 cm³/mol. The number of hydrogen-bond donors (Lipinski definition) is 2. The van der Waals surface area contributed by atoms with Crippen molar-refractivity contribution < 1.29 is 5.11 Å². The highest BCUT2D eigenvalue weighted by atomic mass is 32.2. The van der Waals surface area contributed by atoms with E-state index in [0.29, 0.717) is 18.7 Å². The maximum absolute atomic E-state index is 8.92. The molecule has 2 N–H and O–H groups in total. The quantitative estimate of drug-likeness (QED) is 0.739. The fourth-order valence-electron chi connectivity index (χ4n) is 2.01. The van der Waals surface area contributed by atoms with Crippen LogP contribution in [0.5, 0.6) is 0 Å². The number of nitrogens with one attached hydrogen (secondary N) is 1. The normalized spacial score (nSPS) is 30.2. The summed E-state index contributed by atoms with van der Waals surface area (Å²) in [6.45, 7) is 4.81. The molecule has 2 nitrogen and oxygen atoms in total. The van der Waals surface area contributed by atoms with Crippen molar-refractivity contribution in [1.29, 1.82) is 0 Å². The Hall–Kier alpha value is 0.270. The maximum atomic E-state index is 8.92. The Morgan fingerprint density at radius 2 is 2.36 bits per heavy atom. The molecule has 1 aliphatic heterocycles. The number of aliphatic hydroxyl groups excluding tert-OH is 1. The van der Waals surface area contributed by atoms with Gasteiger partial charge < -0.3 is 10.4 Å². The minimum absolute atomic E-state index is 0.305. The largest absolute Gasteiger partial charge is 0.396 e. The van der Waals surface area contributed by atoms with Crippen LogP contribution in [-0.2, 0) is 0 Å². The van der Waals surface area contributed by atoms with Crippen LogP contribution in [0.3, 0.4) is 0 Å². The van der Waals surface area contributed by atoms with Gasteiger partial charge in [0.15, 0.2) is 0 Å². The maximum Gasteiger partial charge on any atom is 0.0445 e. The van der Waals surface area contributed by atoms with E-state index in [1.54, 1.807) is 0 Å². The fourth-order valence-corrected chi connectivity index (χ4v) is 3.16. The van der Waals surface area contributed by atoms with Crippen LogP contribution in [0.15, 0.2) is 0 Å². The van der Waals surface area contributed by atoms with Crippen LogP contribution in [0.4, 0.5) is 0 Å². The average molecular weight is 217 g/mol. The molecule has 0 aromatic carbocycles. The molecule has 3 unspecified atom stereocenters. The summed E-state index contributed by atoms with van der Waals surface area (Å²) in [7, 11) is 0. The molecule has 0 amide bonds. The summed E-state index contributed by atoms with van der Waals surface area (Å²) in [6, 6.07) is 1.16. The summed E-state index contributed by atoms with van der Waals surface area (Å²) in [4.78, 5) is 0. The first-order valence-corrected chi connectivity index (χ1v) is 6.81. The van der Waals surface area contributed by atoms with Gasteiger partial charge in [-0.05, 0) is 31.4 Å². The lowest BCUT2D eigenvalue weighted by atomic mass is 10.0. The summed E-state index contributed by atoms with van der Waals surface area (Å²) < 4.78 is 0. The third kappa shape index (κ3) is 3.79. The molecule has 3 atom stereocenters. The van der Waals surface area contributed by atoms with Crippen molar-refractivity contribution in [2.24, 2.45) is 0 Å². The molecule has 1 fully saturated rings. The monoisotopic (exact) mass is 217 g/mol. The lowest BCUT2D eigenvalue weighted by Crippen LogP contribution is -2.45. The third-order valence-corrected chi connectivity index (χ3v) is 4.41. The molecule has 3 heteroatoms. The van der Waals surface area contributed by atoms with Crippen LogP contribution >= 0.6 is 11.8 Å². The molecular formula is C11H23NOS. The molecule has 1 aliphatic rings. The molecule has 0 aromatic heterocycles. The van der Waals surface area contributed by atoms with Crippen molar-refractivity contribution in [1.82, 2.24) is 5.32 Å². The van der Waals surface area contributed by atoms with Crippen molar-refractivity contribution in [2.45, 2.75) is 56.9 Å². The Bertz CT molecular complexity index is 154.